The lowest BCUT2D eigenvalue weighted by Gasteiger charge is -2.14. The first-order valence-electron chi connectivity index (χ1n) is 12.3. The third-order valence-electron chi connectivity index (χ3n) is 7.15. The monoisotopic (exact) mass is 517 g/mol. The van der Waals surface area contributed by atoms with Crippen molar-refractivity contribution in [3.05, 3.63) is 93.0 Å². The van der Waals surface area contributed by atoms with Crippen molar-refractivity contribution in [2.45, 2.75) is 32.0 Å². The molecule has 0 unspecified atom stereocenters. The van der Waals surface area contributed by atoms with Gasteiger partial charge in [0.05, 0.1) is 5.56 Å². The molecule has 0 radical (unpaired) electrons. The van der Waals surface area contributed by atoms with Crippen LogP contribution in [-0.2, 0) is 12.7 Å². The minimum absolute atomic E-state index is 0.0671. The first-order chi connectivity index (χ1) is 18.3. The minimum atomic E-state index is -4.41. The number of hydrogen-bond acceptors (Lipinski definition) is 4. The molecule has 0 atom stereocenters. The summed E-state index contributed by atoms with van der Waals surface area (Å²) in [4.78, 5) is 26.6. The Balaban J connectivity index is 1.55. The van der Waals surface area contributed by atoms with E-state index in [2.05, 4.69) is 0 Å². The molecule has 4 aromatic carbocycles. The molecule has 5 nitrogen and oxygen atoms in total. The number of benzene rings is 4. The summed E-state index contributed by atoms with van der Waals surface area (Å²) >= 11 is 0. The van der Waals surface area contributed by atoms with Crippen molar-refractivity contribution < 1.29 is 22.7 Å². The Bertz CT molecular complexity index is 1900. The molecular weight excluding hydrogens is 495 g/mol. The number of nitrogens with zero attached hydrogens (tertiary/aromatic N) is 1. The van der Waals surface area contributed by atoms with E-state index < -0.39 is 11.7 Å². The molecule has 192 valence electrons. The molecule has 0 amide bonds. The number of alkyl halides is 3. The molecule has 2 aromatic heterocycles. The first kappa shape index (κ1) is 24.2. The number of fused-ring (bicyclic) bond motifs is 2. The highest BCUT2D eigenvalue weighted by Crippen LogP contribution is 2.38. The van der Waals surface area contributed by atoms with Gasteiger partial charge in [-0.2, -0.15) is 13.2 Å². The van der Waals surface area contributed by atoms with Crippen LogP contribution in [0.5, 0.6) is 0 Å². The Morgan fingerprint density at radius 2 is 1.32 bits per heavy atom. The fourth-order valence-corrected chi connectivity index (χ4v) is 5.25. The summed E-state index contributed by atoms with van der Waals surface area (Å²) in [6, 6.07) is 17.4. The van der Waals surface area contributed by atoms with Crippen molar-refractivity contribution in [3.63, 3.8) is 0 Å². The van der Waals surface area contributed by atoms with Crippen LogP contribution < -0.4 is 11.1 Å². The normalized spacial score (nSPS) is 12.4. The first-order valence-corrected chi connectivity index (χ1v) is 12.3. The lowest BCUT2D eigenvalue weighted by atomic mass is 9.95. The second-order valence-corrected chi connectivity index (χ2v) is 9.46. The van der Waals surface area contributed by atoms with Gasteiger partial charge in [0.2, 0.25) is 0 Å². The maximum Gasteiger partial charge on any atom is 0.416 e. The molecule has 6 aromatic rings. The van der Waals surface area contributed by atoms with Crippen molar-refractivity contribution in [1.82, 2.24) is 4.57 Å². The zero-order valence-corrected chi connectivity index (χ0v) is 20.1. The Labute approximate surface area is 213 Å². The molecular formula is C30H22F3NO4. The predicted molar refractivity (Wildman–Crippen MR) is 142 cm³/mol. The molecule has 0 aliphatic heterocycles. The standard InChI is InChI=1S/C30H22F3NO4/c31-30(32,33)19-7-4-17(5-8-19)18-6-12-24-23(16-18)20-9-10-21-26-22(11-13-25(38-24)27(20)26)29(37)34(28(21)36)14-2-1-3-15-35/h4-13,16,35H,1-3,14-15H2. The van der Waals surface area contributed by atoms with Crippen molar-refractivity contribution in [2.24, 2.45) is 0 Å². The topological polar surface area (TPSA) is 72.4 Å². The van der Waals surface area contributed by atoms with Gasteiger partial charge in [0, 0.05) is 40.1 Å². The number of hydrogen-bond donors (Lipinski definition) is 1. The SMILES string of the molecule is O=c1c2ccc3oc4ccc(-c5ccc(C(F)(F)F)cc5)cc4c4ccc(c(=O)n1CCCCCO)c2c34. The zero-order chi connectivity index (χ0) is 26.6. The quantitative estimate of drug-likeness (QED) is 0.152. The second-order valence-electron chi connectivity index (χ2n) is 9.46. The summed E-state index contributed by atoms with van der Waals surface area (Å²) < 4.78 is 46.5. The molecule has 6 rings (SSSR count). The summed E-state index contributed by atoms with van der Waals surface area (Å²) in [5.74, 6) is 0. The van der Waals surface area contributed by atoms with Crippen LogP contribution in [0.15, 0.2) is 80.7 Å². The molecule has 0 aliphatic carbocycles. The molecule has 0 fully saturated rings. The number of halogens is 3. The lowest BCUT2D eigenvalue weighted by Crippen LogP contribution is -2.33. The van der Waals surface area contributed by atoms with Crippen LogP contribution in [0.1, 0.15) is 24.8 Å². The third kappa shape index (κ3) is 3.83. The van der Waals surface area contributed by atoms with E-state index in [4.69, 9.17) is 9.52 Å². The van der Waals surface area contributed by atoms with Gasteiger partial charge in [-0.1, -0.05) is 24.3 Å². The van der Waals surface area contributed by atoms with Crippen LogP contribution >= 0.6 is 0 Å². The van der Waals surface area contributed by atoms with Crippen molar-refractivity contribution in [3.8, 4) is 11.1 Å². The van der Waals surface area contributed by atoms with Gasteiger partial charge in [0.15, 0.2) is 0 Å². The molecule has 1 N–H and O–H groups in total. The third-order valence-corrected chi connectivity index (χ3v) is 7.15. The fourth-order valence-electron chi connectivity index (χ4n) is 5.25. The van der Waals surface area contributed by atoms with Crippen LogP contribution in [0.4, 0.5) is 13.2 Å². The van der Waals surface area contributed by atoms with Gasteiger partial charge < -0.3 is 9.52 Å². The number of aliphatic hydroxyl groups excluding tert-OH is 1. The number of unbranched alkanes of at least 4 members (excludes halogenated alkanes) is 2. The maximum atomic E-state index is 13.3. The molecule has 0 saturated heterocycles. The number of pyridine rings is 1. The van der Waals surface area contributed by atoms with Crippen LogP contribution in [0, 0.1) is 0 Å². The molecule has 8 heteroatoms. The Morgan fingerprint density at radius 1 is 0.684 bits per heavy atom. The summed E-state index contributed by atoms with van der Waals surface area (Å²) in [5, 5.41) is 12.6. The smallest absolute Gasteiger partial charge is 0.416 e. The summed E-state index contributed by atoms with van der Waals surface area (Å²) in [7, 11) is 0. The average molecular weight is 518 g/mol. The van der Waals surface area contributed by atoms with Crippen molar-refractivity contribution >= 4 is 43.5 Å². The zero-order valence-electron chi connectivity index (χ0n) is 20.1. The van der Waals surface area contributed by atoms with Gasteiger partial charge in [0.1, 0.15) is 11.2 Å². The Hall–Kier alpha value is -4.17. The lowest BCUT2D eigenvalue weighted by molar-refractivity contribution is -0.137. The van der Waals surface area contributed by atoms with E-state index in [1.807, 2.05) is 12.1 Å². The summed E-state index contributed by atoms with van der Waals surface area (Å²) in [6.45, 7) is 0.343. The molecule has 0 spiro atoms. The van der Waals surface area contributed by atoms with E-state index in [-0.39, 0.29) is 24.3 Å². The minimum Gasteiger partial charge on any atom is -0.456 e. The number of aromatic nitrogens is 1. The van der Waals surface area contributed by atoms with Gasteiger partial charge in [0.25, 0.3) is 11.1 Å². The van der Waals surface area contributed by atoms with Crippen LogP contribution in [-0.4, -0.2) is 16.3 Å². The highest BCUT2D eigenvalue weighted by molar-refractivity contribution is 6.26. The van der Waals surface area contributed by atoms with E-state index in [0.717, 1.165) is 22.9 Å². The van der Waals surface area contributed by atoms with Gasteiger partial charge in [-0.15, -0.1) is 0 Å². The van der Waals surface area contributed by atoms with Crippen molar-refractivity contribution in [1.29, 1.82) is 0 Å². The van der Waals surface area contributed by atoms with Crippen LogP contribution in [0.2, 0.25) is 0 Å². The van der Waals surface area contributed by atoms with Gasteiger partial charge in [-0.25, -0.2) is 0 Å². The number of rotatable bonds is 6. The van der Waals surface area contributed by atoms with Gasteiger partial charge >= 0.3 is 6.18 Å². The highest BCUT2D eigenvalue weighted by Gasteiger charge is 2.30. The number of aliphatic hydroxyl groups is 1. The van der Waals surface area contributed by atoms with E-state index in [9.17, 15) is 22.8 Å². The molecule has 0 bridgehead atoms. The van der Waals surface area contributed by atoms with E-state index in [0.29, 0.717) is 63.1 Å². The van der Waals surface area contributed by atoms with Crippen molar-refractivity contribution in [2.75, 3.05) is 6.61 Å². The Kier molecular flexibility index (Phi) is 5.72. The molecule has 0 saturated carbocycles. The largest absolute Gasteiger partial charge is 0.456 e. The molecule has 2 heterocycles. The highest BCUT2D eigenvalue weighted by atomic mass is 19.4. The van der Waals surface area contributed by atoms with E-state index in [1.165, 1.54) is 16.7 Å². The fraction of sp³-hybridized carbons (Fsp3) is 0.200. The van der Waals surface area contributed by atoms with Gasteiger partial charge in [-0.05, 0) is 78.2 Å². The maximum absolute atomic E-state index is 13.3. The second kappa shape index (κ2) is 8.99. The molecule has 0 aliphatic rings. The van der Waals surface area contributed by atoms with Crippen LogP contribution in [0.25, 0.3) is 54.6 Å². The summed E-state index contributed by atoms with van der Waals surface area (Å²) in [6.07, 6.45) is -2.48. The summed E-state index contributed by atoms with van der Waals surface area (Å²) in [5.41, 5.74) is 1.01. The Morgan fingerprint density at radius 3 is 2.00 bits per heavy atom. The predicted octanol–water partition coefficient (Wildman–Crippen LogP) is 6.70. The molecule has 38 heavy (non-hydrogen) atoms. The average Bonchev–Trinajstić information content (AvgIpc) is 2.91. The van der Waals surface area contributed by atoms with Crippen LogP contribution in [0.3, 0.4) is 0 Å². The van der Waals surface area contributed by atoms with E-state index >= 15 is 0 Å². The van der Waals surface area contributed by atoms with Gasteiger partial charge in [-0.3, -0.25) is 14.2 Å². The van der Waals surface area contributed by atoms with E-state index in [1.54, 1.807) is 30.3 Å².